The van der Waals surface area contributed by atoms with Gasteiger partial charge < -0.3 is 5.32 Å². The standard InChI is InChI=1S/C11H14N2OS/c1-2-9-5-6-10(15-9)11(14)13-8-4-3-7-12/h5-6H,2-4,8H2,1H3,(H,13,14). The summed E-state index contributed by atoms with van der Waals surface area (Å²) in [5, 5.41) is 11.1. The lowest BCUT2D eigenvalue weighted by Crippen LogP contribution is -2.23. The van der Waals surface area contributed by atoms with Gasteiger partial charge in [0.1, 0.15) is 0 Å². The van der Waals surface area contributed by atoms with Gasteiger partial charge in [0.05, 0.1) is 10.9 Å². The highest BCUT2D eigenvalue weighted by atomic mass is 32.1. The fourth-order valence-corrected chi connectivity index (χ4v) is 2.01. The number of hydrogen-bond acceptors (Lipinski definition) is 3. The van der Waals surface area contributed by atoms with Crippen LogP contribution in [0.25, 0.3) is 0 Å². The summed E-state index contributed by atoms with van der Waals surface area (Å²) in [6, 6.07) is 5.88. The Morgan fingerprint density at radius 2 is 2.40 bits per heavy atom. The third-order valence-electron chi connectivity index (χ3n) is 1.98. The molecule has 0 bridgehead atoms. The van der Waals surface area contributed by atoms with E-state index in [2.05, 4.69) is 12.2 Å². The number of amides is 1. The molecule has 1 aromatic heterocycles. The Bertz CT molecular complexity index is 365. The molecule has 4 heteroatoms. The number of thiophene rings is 1. The van der Waals surface area contributed by atoms with E-state index in [0.717, 1.165) is 11.3 Å². The minimum Gasteiger partial charge on any atom is -0.351 e. The van der Waals surface area contributed by atoms with E-state index in [9.17, 15) is 4.79 Å². The van der Waals surface area contributed by atoms with Gasteiger partial charge in [-0.2, -0.15) is 5.26 Å². The van der Waals surface area contributed by atoms with Crippen molar-refractivity contribution in [3.63, 3.8) is 0 Å². The maximum atomic E-state index is 11.6. The van der Waals surface area contributed by atoms with Crippen LogP contribution in [0.1, 0.15) is 34.3 Å². The molecule has 80 valence electrons. The molecule has 1 rings (SSSR count). The zero-order chi connectivity index (χ0) is 11.1. The zero-order valence-corrected chi connectivity index (χ0v) is 9.56. The second-order valence-electron chi connectivity index (χ2n) is 3.14. The number of nitrogens with zero attached hydrogens (tertiary/aromatic N) is 1. The lowest BCUT2D eigenvalue weighted by atomic mass is 10.3. The third kappa shape index (κ3) is 3.72. The molecular weight excluding hydrogens is 208 g/mol. The van der Waals surface area contributed by atoms with Gasteiger partial charge >= 0.3 is 0 Å². The molecule has 0 aliphatic heterocycles. The van der Waals surface area contributed by atoms with Crippen LogP contribution in [0.3, 0.4) is 0 Å². The van der Waals surface area contributed by atoms with Crippen LogP contribution in [0, 0.1) is 11.3 Å². The molecule has 0 atom stereocenters. The topological polar surface area (TPSA) is 52.9 Å². The molecule has 0 aliphatic rings. The number of rotatable bonds is 5. The largest absolute Gasteiger partial charge is 0.351 e. The minimum absolute atomic E-state index is 0.0300. The van der Waals surface area contributed by atoms with Crippen molar-refractivity contribution in [2.75, 3.05) is 6.54 Å². The first-order chi connectivity index (χ1) is 7.27. The minimum atomic E-state index is -0.0300. The van der Waals surface area contributed by atoms with E-state index in [-0.39, 0.29) is 5.91 Å². The number of aryl methyl sites for hydroxylation is 1. The average molecular weight is 222 g/mol. The normalized spacial score (nSPS) is 9.60. The SMILES string of the molecule is CCc1ccc(C(=O)NCCCC#N)s1. The Balaban J connectivity index is 2.37. The highest BCUT2D eigenvalue weighted by molar-refractivity contribution is 7.14. The summed E-state index contributed by atoms with van der Waals surface area (Å²) in [5.74, 6) is -0.0300. The fraction of sp³-hybridized carbons (Fsp3) is 0.455. The molecule has 0 unspecified atom stereocenters. The Kier molecular flexibility index (Phi) is 4.85. The van der Waals surface area contributed by atoms with Crippen molar-refractivity contribution in [2.24, 2.45) is 0 Å². The van der Waals surface area contributed by atoms with Crippen molar-refractivity contribution in [1.29, 1.82) is 5.26 Å². The summed E-state index contributed by atoms with van der Waals surface area (Å²) in [6.07, 6.45) is 2.17. The van der Waals surface area contributed by atoms with Crippen LogP contribution < -0.4 is 5.32 Å². The van der Waals surface area contributed by atoms with Crippen LogP contribution >= 0.6 is 11.3 Å². The van der Waals surface area contributed by atoms with Gasteiger partial charge in [-0.05, 0) is 25.0 Å². The molecule has 0 aromatic carbocycles. The van der Waals surface area contributed by atoms with Crippen molar-refractivity contribution in [1.82, 2.24) is 5.32 Å². The lowest BCUT2D eigenvalue weighted by Gasteiger charge is -2.00. The van der Waals surface area contributed by atoms with Gasteiger partial charge in [0.2, 0.25) is 0 Å². The molecule has 3 nitrogen and oxygen atoms in total. The Morgan fingerprint density at radius 1 is 1.60 bits per heavy atom. The Labute approximate surface area is 93.7 Å². The zero-order valence-electron chi connectivity index (χ0n) is 8.75. The van der Waals surface area contributed by atoms with E-state index in [1.54, 1.807) is 0 Å². The molecule has 1 heterocycles. The Hall–Kier alpha value is -1.34. The van der Waals surface area contributed by atoms with E-state index < -0.39 is 0 Å². The second kappa shape index (κ2) is 6.20. The first kappa shape index (κ1) is 11.7. The van der Waals surface area contributed by atoms with Crippen molar-refractivity contribution >= 4 is 17.2 Å². The first-order valence-corrected chi connectivity index (χ1v) is 5.83. The molecule has 15 heavy (non-hydrogen) atoms. The maximum absolute atomic E-state index is 11.6. The number of carbonyl (C=O) groups excluding carboxylic acids is 1. The fourth-order valence-electron chi connectivity index (χ4n) is 1.15. The third-order valence-corrected chi connectivity index (χ3v) is 3.21. The van der Waals surface area contributed by atoms with Gasteiger partial charge in [0, 0.05) is 17.8 Å². The Morgan fingerprint density at radius 3 is 3.00 bits per heavy atom. The molecule has 1 N–H and O–H groups in total. The van der Waals surface area contributed by atoms with Crippen LogP contribution in [0.2, 0.25) is 0 Å². The van der Waals surface area contributed by atoms with Gasteiger partial charge in [-0.25, -0.2) is 0 Å². The monoisotopic (exact) mass is 222 g/mol. The van der Waals surface area contributed by atoms with Crippen molar-refractivity contribution in [2.45, 2.75) is 26.2 Å². The van der Waals surface area contributed by atoms with Gasteiger partial charge in [-0.3, -0.25) is 4.79 Å². The van der Waals surface area contributed by atoms with Crippen LogP contribution in [0.4, 0.5) is 0 Å². The molecule has 0 spiro atoms. The summed E-state index contributed by atoms with van der Waals surface area (Å²) in [4.78, 5) is 13.5. The molecule has 0 saturated carbocycles. The molecular formula is C11H14N2OS. The van der Waals surface area contributed by atoms with E-state index in [4.69, 9.17) is 5.26 Å². The number of hydrogen-bond donors (Lipinski definition) is 1. The van der Waals surface area contributed by atoms with Crippen LogP contribution in [0.15, 0.2) is 12.1 Å². The molecule has 0 aliphatic carbocycles. The first-order valence-electron chi connectivity index (χ1n) is 5.01. The highest BCUT2D eigenvalue weighted by Gasteiger charge is 2.07. The predicted octanol–water partition coefficient (Wildman–Crippen LogP) is 2.34. The van der Waals surface area contributed by atoms with Crippen molar-refractivity contribution in [3.8, 4) is 6.07 Å². The van der Waals surface area contributed by atoms with Gasteiger partial charge in [-0.1, -0.05) is 6.92 Å². The summed E-state index contributed by atoms with van der Waals surface area (Å²) in [7, 11) is 0. The molecule has 0 fully saturated rings. The van der Waals surface area contributed by atoms with Crippen LogP contribution in [0.5, 0.6) is 0 Å². The summed E-state index contributed by atoms with van der Waals surface area (Å²) in [6.45, 7) is 2.65. The van der Waals surface area contributed by atoms with Crippen molar-refractivity contribution < 1.29 is 4.79 Å². The molecule has 1 aromatic rings. The van der Waals surface area contributed by atoms with Crippen LogP contribution in [-0.4, -0.2) is 12.5 Å². The number of nitrogens with one attached hydrogen (secondary N) is 1. The molecule has 0 radical (unpaired) electrons. The van der Waals surface area contributed by atoms with E-state index >= 15 is 0 Å². The summed E-state index contributed by atoms with van der Waals surface area (Å²) >= 11 is 1.53. The quantitative estimate of drug-likeness (QED) is 0.777. The maximum Gasteiger partial charge on any atom is 0.261 e. The van der Waals surface area contributed by atoms with Gasteiger partial charge in [0.25, 0.3) is 5.91 Å². The number of unbranched alkanes of at least 4 members (excludes halogenated alkanes) is 1. The molecule has 0 saturated heterocycles. The summed E-state index contributed by atoms with van der Waals surface area (Å²) < 4.78 is 0. The van der Waals surface area contributed by atoms with Gasteiger partial charge in [-0.15, -0.1) is 11.3 Å². The van der Waals surface area contributed by atoms with Crippen LogP contribution in [-0.2, 0) is 6.42 Å². The smallest absolute Gasteiger partial charge is 0.261 e. The second-order valence-corrected chi connectivity index (χ2v) is 4.31. The van der Waals surface area contributed by atoms with E-state index in [0.29, 0.717) is 19.4 Å². The van der Waals surface area contributed by atoms with Crippen molar-refractivity contribution in [3.05, 3.63) is 21.9 Å². The van der Waals surface area contributed by atoms with E-state index in [1.807, 2.05) is 18.2 Å². The lowest BCUT2D eigenvalue weighted by molar-refractivity contribution is 0.0957. The highest BCUT2D eigenvalue weighted by Crippen LogP contribution is 2.16. The molecule has 1 amide bonds. The van der Waals surface area contributed by atoms with E-state index in [1.165, 1.54) is 16.2 Å². The number of carbonyl (C=O) groups is 1. The van der Waals surface area contributed by atoms with Gasteiger partial charge in [0.15, 0.2) is 0 Å². The summed E-state index contributed by atoms with van der Waals surface area (Å²) in [5.41, 5.74) is 0. The average Bonchev–Trinajstić information content (AvgIpc) is 2.72. The number of nitriles is 1. The predicted molar refractivity (Wildman–Crippen MR) is 60.9 cm³/mol.